The highest BCUT2D eigenvalue weighted by molar-refractivity contribution is 7.14. The molecule has 7 nitrogen and oxygen atoms in total. The summed E-state index contributed by atoms with van der Waals surface area (Å²) in [7, 11) is 1.66. The average molecular weight is 457 g/mol. The van der Waals surface area contributed by atoms with Gasteiger partial charge in [0.25, 0.3) is 5.91 Å². The van der Waals surface area contributed by atoms with Crippen LogP contribution in [0, 0.1) is 0 Å². The first kappa shape index (κ1) is 21.3. The molecular formula is C22H24N4O3S2. The smallest absolute Gasteiger partial charge is 0.267 e. The second kappa shape index (κ2) is 9.93. The zero-order chi connectivity index (χ0) is 21.6. The van der Waals surface area contributed by atoms with E-state index in [1.54, 1.807) is 13.2 Å². The Hall–Kier alpha value is -2.91. The molecule has 0 saturated carbocycles. The highest BCUT2D eigenvalue weighted by Gasteiger charge is 2.21. The fourth-order valence-electron chi connectivity index (χ4n) is 3.45. The van der Waals surface area contributed by atoms with Crippen LogP contribution in [-0.2, 0) is 11.2 Å². The number of rotatable bonds is 7. The number of nitrogens with zero attached hydrogens (tertiary/aromatic N) is 3. The van der Waals surface area contributed by atoms with Gasteiger partial charge in [-0.15, -0.1) is 22.7 Å². The number of thiophene rings is 1. The van der Waals surface area contributed by atoms with Crippen molar-refractivity contribution in [3.63, 3.8) is 0 Å². The highest BCUT2D eigenvalue weighted by Crippen LogP contribution is 2.22. The SMILES string of the molecule is COc1ccc(N2CCN(C(=O)CCc3csc(NC(=O)c4cccs4)n3)CC2)cc1. The van der Waals surface area contributed by atoms with Crippen LogP contribution >= 0.6 is 22.7 Å². The fraction of sp³-hybridized carbons (Fsp3) is 0.318. The maximum Gasteiger partial charge on any atom is 0.267 e. The third kappa shape index (κ3) is 5.42. The van der Waals surface area contributed by atoms with E-state index in [-0.39, 0.29) is 11.8 Å². The van der Waals surface area contributed by atoms with Crippen LogP contribution in [-0.4, -0.2) is 55.0 Å². The summed E-state index contributed by atoms with van der Waals surface area (Å²) >= 11 is 2.78. The third-order valence-electron chi connectivity index (χ3n) is 5.18. The van der Waals surface area contributed by atoms with Crippen molar-refractivity contribution in [2.24, 2.45) is 0 Å². The number of nitrogens with one attached hydrogen (secondary N) is 1. The van der Waals surface area contributed by atoms with Crippen LogP contribution in [0.2, 0.25) is 0 Å². The molecule has 31 heavy (non-hydrogen) atoms. The normalized spacial score (nSPS) is 13.8. The van der Waals surface area contributed by atoms with Gasteiger partial charge >= 0.3 is 0 Å². The number of piperazine rings is 1. The van der Waals surface area contributed by atoms with Crippen LogP contribution in [0.1, 0.15) is 21.8 Å². The predicted molar refractivity (Wildman–Crippen MR) is 124 cm³/mol. The van der Waals surface area contributed by atoms with Crippen LogP contribution in [0.5, 0.6) is 5.75 Å². The zero-order valence-corrected chi connectivity index (χ0v) is 18.9. The van der Waals surface area contributed by atoms with Crippen LogP contribution < -0.4 is 15.0 Å². The summed E-state index contributed by atoms with van der Waals surface area (Å²) in [5.74, 6) is 0.835. The summed E-state index contributed by atoms with van der Waals surface area (Å²) < 4.78 is 5.21. The molecule has 9 heteroatoms. The maximum atomic E-state index is 12.6. The van der Waals surface area contributed by atoms with Crippen LogP contribution in [0.15, 0.2) is 47.2 Å². The quantitative estimate of drug-likeness (QED) is 0.586. The van der Waals surface area contributed by atoms with Crippen molar-refractivity contribution in [1.82, 2.24) is 9.88 Å². The lowest BCUT2D eigenvalue weighted by atomic mass is 10.2. The van der Waals surface area contributed by atoms with E-state index in [1.807, 2.05) is 46.0 Å². The molecule has 1 aliphatic heterocycles. The van der Waals surface area contributed by atoms with Crippen molar-refractivity contribution in [2.45, 2.75) is 12.8 Å². The lowest BCUT2D eigenvalue weighted by molar-refractivity contribution is -0.131. The molecular weight excluding hydrogens is 432 g/mol. The van der Waals surface area contributed by atoms with E-state index in [9.17, 15) is 9.59 Å². The van der Waals surface area contributed by atoms with Crippen LogP contribution in [0.4, 0.5) is 10.8 Å². The van der Waals surface area contributed by atoms with Gasteiger partial charge in [0, 0.05) is 43.7 Å². The Morgan fingerprint density at radius 2 is 1.87 bits per heavy atom. The van der Waals surface area contributed by atoms with E-state index >= 15 is 0 Å². The number of aryl methyl sites for hydroxylation is 1. The Bertz CT molecular complexity index is 1010. The molecule has 3 heterocycles. The first-order chi connectivity index (χ1) is 15.1. The Morgan fingerprint density at radius 1 is 1.10 bits per heavy atom. The van der Waals surface area contributed by atoms with Crippen molar-refractivity contribution in [2.75, 3.05) is 43.5 Å². The lowest BCUT2D eigenvalue weighted by Gasteiger charge is -2.36. The molecule has 1 fully saturated rings. The van der Waals surface area contributed by atoms with Crippen molar-refractivity contribution in [1.29, 1.82) is 0 Å². The molecule has 2 amide bonds. The summed E-state index contributed by atoms with van der Waals surface area (Å²) in [6.07, 6.45) is 0.994. The molecule has 2 aromatic heterocycles. The molecule has 1 aliphatic rings. The van der Waals surface area contributed by atoms with Crippen molar-refractivity contribution in [3.8, 4) is 5.75 Å². The van der Waals surface area contributed by atoms with Crippen molar-refractivity contribution >= 4 is 45.3 Å². The highest BCUT2D eigenvalue weighted by atomic mass is 32.1. The van der Waals surface area contributed by atoms with Gasteiger partial charge in [0.15, 0.2) is 5.13 Å². The maximum absolute atomic E-state index is 12.6. The second-order valence-corrected chi connectivity index (χ2v) is 8.95. The topological polar surface area (TPSA) is 74.8 Å². The Balaban J connectivity index is 1.22. The first-order valence-corrected chi connectivity index (χ1v) is 11.8. The molecule has 162 valence electrons. The number of ether oxygens (including phenoxy) is 1. The van der Waals surface area contributed by atoms with Gasteiger partial charge in [0.05, 0.1) is 17.7 Å². The monoisotopic (exact) mass is 456 g/mol. The van der Waals surface area contributed by atoms with E-state index in [0.29, 0.717) is 35.9 Å². The summed E-state index contributed by atoms with van der Waals surface area (Å²) in [4.78, 5) is 34.1. The number of thiazole rings is 1. The molecule has 0 bridgehead atoms. The van der Waals surface area contributed by atoms with Crippen LogP contribution in [0.3, 0.4) is 0 Å². The van der Waals surface area contributed by atoms with E-state index in [4.69, 9.17) is 4.74 Å². The zero-order valence-electron chi connectivity index (χ0n) is 17.2. The van der Waals surface area contributed by atoms with E-state index < -0.39 is 0 Å². The molecule has 0 aliphatic carbocycles. The largest absolute Gasteiger partial charge is 0.497 e. The Kier molecular flexibility index (Phi) is 6.83. The number of hydrogen-bond donors (Lipinski definition) is 1. The minimum atomic E-state index is -0.151. The Morgan fingerprint density at radius 3 is 2.55 bits per heavy atom. The Labute approximate surface area is 189 Å². The van der Waals surface area contributed by atoms with Crippen LogP contribution in [0.25, 0.3) is 0 Å². The summed E-state index contributed by atoms with van der Waals surface area (Å²) in [6.45, 7) is 3.05. The fourth-order valence-corrected chi connectivity index (χ4v) is 4.80. The number of carbonyl (C=O) groups is 2. The van der Waals surface area contributed by atoms with Gasteiger partial charge in [-0.25, -0.2) is 4.98 Å². The number of carbonyl (C=O) groups excluding carboxylic acids is 2. The van der Waals surface area contributed by atoms with E-state index in [2.05, 4.69) is 15.2 Å². The minimum absolute atomic E-state index is 0.145. The minimum Gasteiger partial charge on any atom is -0.497 e. The number of aromatic nitrogens is 1. The third-order valence-corrected chi connectivity index (χ3v) is 6.86. The molecule has 0 atom stereocenters. The number of hydrogen-bond acceptors (Lipinski definition) is 7. The van der Waals surface area contributed by atoms with Gasteiger partial charge in [-0.2, -0.15) is 0 Å². The number of benzene rings is 1. The van der Waals surface area contributed by atoms with E-state index in [1.165, 1.54) is 22.7 Å². The summed E-state index contributed by atoms with van der Waals surface area (Å²) in [5, 5.41) is 7.14. The number of anilines is 2. The van der Waals surface area contributed by atoms with Gasteiger partial charge < -0.3 is 14.5 Å². The van der Waals surface area contributed by atoms with Gasteiger partial charge in [-0.3, -0.25) is 14.9 Å². The second-order valence-electron chi connectivity index (χ2n) is 7.14. The average Bonchev–Trinajstić information content (AvgIpc) is 3.50. The van der Waals surface area contributed by atoms with Gasteiger partial charge in [-0.05, 0) is 42.1 Å². The summed E-state index contributed by atoms with van der Waals surface area (Å²) in [5.41, 5.74) is 1.98. The lowest BCUT2D eigenvalue weighted by Crippen LogP contribution is -2.48. The van der Waals surface area contributed by atoms with Gasteiger partial charge in [-0.1, -0.05) is 6.07 Å². The number of methoxy groups -OCH3 is 1. The molecule has 4 rings (SSSR count). The first-order valence-electron chi connectivity index (χ1n) is 10.1. The molecule has 3 aromatic rings. The summed E-state index contributed by atoms with van der Waals surface area (Å²) in [6, 6.07) is 11.6. The number of amides is 2. The molecule has 0 unspecified atom stereocenters. The molecule has 1 saturated heterocycles. The molecule has 1 N–H and O–H groups in total. The van der Waals surface area contributed by atoms with Crippen molar-refractivity contribution < 1.29 is 14.3 Å². The van der Waals surface area contributed by atoms with E-state index in [0.717, 1.165) is 30.2 Å². The predicted octanol–water partition coefficient (Wildman–Crippen LogP) is 3.75. The molecule has 0 spiro atoms. The standard InChI is InChI=1S/C22H24N4O3S2/c1-29-18-7-5-17(6-8-18)25-10-12-26(13-11-25)20(27)9-4-16-15-31-22(23-16)24-21(28)19-3-2-14-30-19/h2-3,5-8,14-15H,4,9-13H2,1H3,(H,23,24,28). The van der Waals surface area contributed by atoms with Gasteiger partial charge in [0.1, 0.15) is 5.75 Å². The molecule has 0 radical (unpaired) electrons. The van der Waals surface area contributed by atoms with Crippen molar-refractivity contribution in [3.05, 3.63) is 57.7 Å². The van der Waals surface area contributed by atoms with Gasteiger partial charge in [0.2, 0.25) is 5.91 Å². The molecule has 1 aromatic carbocycles.